The van der Waals surface area contributed by atoms with E-state index in [0.29, 0.717) is 12.1 Å². The van der Waals surface area contributed by atoms with Gasteiger partial charge in [0.2, 0.25) is 0 Å². The van der Waals surface area contributed by atoms with Crippen molar-refractivity contribution in [3.63, 3.8) is 0 Å². The van der Waals surface area contributed by atoms with Crippen LogP contribution in [0.1, 0.15) is 5.56 Å². The molecule has 0 unspecified atom stereocenters. The first-order valence-electron chi connectivity index (χ1n) is 6.07. The van der Waals surface area contributed by atoms with Crippen LogP contribution < -0.4 is 5.76 Å². The Morgan fingerprint density at radius 2 is 1.89 bits per heavy atom. The Kier molecular flexibility index (Phi) is 3.42. The SMILES string of the molecule is O=c1oc2ccc(I)cc2n1CCc1ccccc1. The zero-order valence-electron chi connectivity index (χ0n) is 10.2. The third-order valence-corrected chi connectivity index (χ3v) is 3.77. The van der Waals surface area contributed by atoms with Gasteiger partial charge in [0.05, 0.1) is 5.52 Å². The fourth-order valence-electron chi connectivity index (χ4n) is 2.13. The fourth-order valence-corrected chi connectivity index (χ4v) is 2.61. The van der Waals surface area contributed by atoms with Crippen molar-refractivity contribution < 1.29 is 4.42 Å². The van der Waals surface area contributed by atoms with Gasteiger partial charge in [-0.05, 0) is 52.8 Å². The van der Waals surface area contributed by atoms with E-state index in [1.807, 2.05) is 36.4 Å². The molecule has 19 heavy (non-hydrogen) atoms. The second-order valence-corrected chi connectivity index (χ2v) is 5.61. The molecule has 0 fully saturated rings. The number of nitrogens with zero attached hydrogens (tertiary/aromatic N) is 1. The topological polar surface area (TPSA) is 35.1 Å². The van der Waals surface area contributed by atoms with E-state index in [0.717, 1.165) is 15.5 Å². The highest BCUT2D eigenvalue weighted by atomic mass is 127. The van der Waals surface area contributed by atoms with E-state index in [4.69, 9.17) is 4.42 Å². The summed E-state index contributed by atoms with van der Waals surface area (Å²) < 4.78 is 8.04. The Morgan fingerprint density at radius 1 is 1.11 bits per heavy atom. The Morgan fingerprint density at radius 3 is 2.68 bits per heavy atom. The maximum atomic E-state index is 11.9. The number of oxazole rings is 1. The first kappa shape index (κ1) is 12.5. The highest BCUT2D eigenvalue weighted by Gasteiger charge is 2.09. The highest BCUT2D eigenvalue weighted by molar-refractivity contribution is 14.1. The van der Waals surface area contributed by atoms with E-state index in [2.05, 4.69) is 34.7 Å². The van der Waals surface area contributed by atoms with Gasteiger partial charge >= 0.3 is 5.76 Å². The molecular formula is C15H12INO2. The van der Waals surface area contributed by atoms with Gasteiger partial charge in [-0.1, -0.05) is 30.3 Å². The number of halogens is 1. The number of aromatic nitrogens is 1. The van der Waals surface area contributed by atoms with Crippen LogP contribution in [0.2, 0.25) is 0 Å². The second-order valence-electron chi connectivity index (χ2n) is 4.37. The number of benzene rings is 2. The molecule has 0 bridgehead atoms. The van der Waals surface area contributed by atoms with Crippen molar-refractivity contribution in [1.29, 1.82) is 0 Å². The molecule has 0 aliphatic carbocycles. The molecule has 3 aromatic rings. The summed E-state index contributed by atoms with van der Waals surface area (Å²) in [5.74, 6) is -0.284. The Balaban J connectivity index is 1.94. The normalized spacial score (nSPS) is 11.0. The van der Waals surface area contributed by atoms with Crippen molar-refractivity contribution in [2.24, 2.45) is 0 Å². The van der Waals surface area contributed by atoms with E-state index in [9.17, 15) is 4.79 Å². The summed E-state index contributed by atoms with van der Waals surface area (Å²) in [5, 5.41) is 0. The lowest BCUT2D eigenvalue weighted by molar-refractivity contribution is 0.505. The molecule has 0 amide bonds. The van der Waals surface area contributed by atoms with Gasteiger partial charge in [-0.3, -0.25) is 4.57 Å². The van der Waals surface area contributed by atoms with Crippen molar-refractivity contribution >= 4 is 33.7 Å². The third-order valence-electron chi connectivity index (χ3n) is 3.10. The molecule has 1 aromatic heterocycles. The fraction of sp³-hybridized carbons (Fsp3) is 0.133. The Labute approximate surface area is 124 Å². The van der Waals surface area contributed by atoms with Crippen molar-refractivity contribution in [2.45, 2.75) is 13.0 Å². The molecule has 4 heteroatoms. The molecular weight excluding hydrogens is 353 g/mol. The predicted molar refractivity (Wildman–Crippen MR) is 83.3 cm³/mol. The molecule has 0 aliphatic heterocycles. The minimum absolute atomic E-state index is 0.284. The smallest absolute Gasteiger partial charge is 0.408 e. The highest BCUT2D eigenvalue weighted by Crippen LogP contribution is 2.16. The zero-order valence-corrected chi connectivity index (χ0v) is 12.3. The Bertz CT molecular complexity index is 759. The summed E-state index contributed by atoms with van der Waals surface area (Å²) in [6.45, 7) is 0.635. The van der Waals surface area contributed by atoms with E-state index in [-0.39, 0.29) is 5.76 Å². The molecule has 2 aromatic carbocycles. The number of rotatable bonds is 3. The summed E-state index contributed by atoms with van der Waals surface area (Å²) in [6.07, 6.45) is 0.820. The quantitative estimate of drug-likeness (QED) is 0.667. The number of fused-ring (bicyclic) bond motifs is 1. The van der Waals surface area contributed by atoms with Gasteiger partial charge in [0.25, 0.3) is 0 Å². The van der Waals surface area contributed by atoms with Crippen LogP contribution >= 0.6 is 22.6 Å². The lowest BCUT2D eigenvalue weighted by Crippen LogP contribution is -2.15. The molecule has 3 rings (SSSR count). The average Bonchev–Trinajstić information content (AvgIpc) is 2.73. The largest absolute Gasteiger partial charge is 0.419 e. The molecule has 0 N–H and O–H groups in total. The molecule has 0 saturated carbocycles. The minimum atomic E-state index is -0.284. The van der Waals surface area contributed by atoms with Gasteiger partial charge in [-0.2, -0.15) is 0 Å². The number of hydrogen-bond acceptors (Lipinski definition) is 2. The van der Waals surface area contributed by atoms with Crippen LogP contribution in [-0.2, 0) is 13.0 Å². The second kappa shape index (κ2) is 5.21. The van der Waals surface area contributed by atoms with Crippen molar-refractivity contribution in [1.82, 2.24) is 4.57 Å². The molecule has 3 nitrogen and oxygen atoms in total. The van der Waals surface area contributed by atoms with Gasteiger partial charge in [0.1, 0.15) is 0 Å². The predicted octanol–water partition coefficient (Wildman–Crippen LogP) is 3.44. The average molecular weight is 365 g/mol. The van der Waals surface area contributed by atoms with Crippen LogP contribution in [0.3, 0.4) is 0 Å². The molecule has 0 aliphatic rings. The van der Waals surface area contributed by atoms with Crippen LogP contribution in [0.15, 0.2) is 57.7 Å². The maximum absolute atomic E-state index is 11.9. The van der Waals surface area contributed by atoms with Gasteiger partial charge < -0.3 is 4.42 Å². The van der Waals surface area contributed by atoms with E-state index < -0.39 is 0 Å². The zero-order chi connectivity index (χ0) is 13.2. The first-order chi connectivity index (χ1) is 9.24. The monoisotopic (exact) mass is 365 g/mol. The van der Waals surface area contributed by atoms with Crippen molar-refractivity contribution in [3.8, 4) is 0 Å². The summed E-state index contributed by atoms with van der Waals surface area (Å²) in [7, 11) is 0. The molecule has 0 atom stereocenters. The molecule has 0 radical (unpaired) electrons. The van der Waals surface area contributed by atoms with E-state index in [1.165, 1.54) is 5.56 Å². The van der Waals surface area contributed by atoms with Crippen LogP contribution in [0.25, 0.3) is 11.1 Å². The standard InChI is InChI=1S/C15H12INO2/c16-12-6-7-14-13(10-12)17(15(18)19-14)9-8-11-4-2-1-3-5-11/h1-7,10H,8-9H2. The maximum Gasteiger partial charge on any atom is 0.419 e. The molecule has 96 valence electrons. The lowest BCUT2D eigenvalue weighted by atomic mass is 10.1. The van der Waals surface area contributed by atoms with E-state index >= 15 is 0 Å². The van der Waals surface area contributed by atoms with E-state index in [1.54, 1.807) is 4.57 Å². The van der Waals surface area contributed by atoms with Crippen LogP contribution in [0, 0.1) is 3.57 Å². The molecule has 0 spiro atoms. The lowest BCUT2D eigenvalue weighted by Gasteiger charge is -2.02. The van der Waals surface area contributed by atoms with Crippen molar-refractivity contribution in [2.75, 3.05) is 0 Å². The number of hydrogen-bond donors (Lipinski definition) is 0. The summed E-state index contributed by atoms with van der Waals surface area (Å²) in [6, 6.07) is 15.9. The van der Waals surface area contributed by atoms with Crippen molar-refractivity contribution in [3.05, 3.63) is 68.2 Å². The summed E-state index contributed by atoms with van der Waals surface area (Å²) >= 11 is 2.24. The first-order valence-corrected chi connectivity index (χ1v) is 7.15. The van der Waals surface area contributed by atoms with Crippen LogP contribution in [0.4, 0.5) is 0 Å². The van der Waals surface area contributed by atoms with Crippen LogP contribution in [0.5, 0.6) is 0 Å². The Hall–Kier alpha value is -1.56. The molecule has 1 heterocycles. The van der Waals surface area contributed by atoms with Gasteiger partial charge in [0, 0.05) is 10.1 Å². The molecule has 0 saturated heterocycles. The minimum Gasteiger partial charge on any atom is -0.408 e. The summed E-state index contributed by atoms with van der Waals surface area (Å²) in [5.41, 5.74) is 2.74. The van der Waals surface area contributed by atoms with Gasteiger partial charge in [-0.15, -0.1) is 0 Å². The van der Waals surface area contributed by atoms with Gasteiger partial charge in [-0.25, -0.2) is 4.79 Å². The van der Waals surface area contributed by atoms with Gasteiger partial charge in [0.15, 0.2) is 5.58 Å². The van der Waals surface area contributed by atoms with Crippen LogP contribution in [-0.4, -0.2) is 4.57 Å². The summed E-state index contributed by atoms with van der Waals surface area (Å²) in [4.78, 5) is 11.9. The third kappa shape index (κ3) is 2.58. The number of aryl methyl sites for hydroxylation is 2.